The number of ether oxygens (including phenoxy) is 1. The van der Waals surface area contributed by atoms with Crippen LogP contribution in [-0.4, -0.2) is 49.3 Å². The maximum Gasteiger partial charge on any atom is 0.310 e. The molecular weight excluding hydrogens is 248 g/mol. The van der Waals surface area contributed by atoms with Crippen molar-refractivity contribution in [1.82, 2.24) is 10.3 Å². The summed E-state index contributed by atoms with van der Waals surface area (Å²) >= 11 is 0. The number of hydrogen-bond donors (Lipinski definition) is 1. The predicted molar refractivity (Wildman–Crippen MR) is 71.4 cm³/mol. The third-order valence-electron chi connectivity index (χ3n) is 3.24. The molecule has 0 saturated carbocycles. The van der Waals surface area contributed by atoms with Crippen molar-refractivity contribution in [1.29, 1.82) is 0 Å². The van der Waals surface area contributed by atoms with Crippen LogP contribution in [0.1, 0.15) is 6.42 Å². The zero-order valence-corrected chi connectivity index (χ0v) is 10.9. The van der Waals surface area contributed by atoms with E-state index in [1.807, 2.05) is 4.90 Å². The maximum atomic E-state index is 11.0. The fraction of sp³-hybridized carbons (Fsp3) is 0.583. The molecule has 0 amide bonds. The average molecular weight is 266 g/mol. The molecule has 7 nitrogen and oxygen atoms in total. The quantitative estimate of drug-likeness (QED) is 0.627. The molecule has 0 spiro atoms. The van der Waals surface area contributed by atoms with Crippen molar-refractivity contribution in [3.63, 3.8) is 0 Å². The van der Waals surface area contributed by atoms with E-state index in [0.717, 1.165) is 26.1 Å². The van der Waals surface area contributed by atoms with Gasteiger partial charge in [-0.3, -0.25) is 15.1 Å². The highest BCUT2D eigenvalue weighted by atomic mass is 16.6. The molecule has 1 atom stereocenters. The van der Waals surface area contributed by atoms with Crippen LogP contribution >= 0.6 is 0 Å². The zero-order chi connectivity index (χ0) is 13.7. The topological polar surface area (TPSA) is 80.5 Å². The summed E-state index contributed by atoms with van der Waals surface area (Å²) in [5, 5.41) is 14.4. The van der Waals surface area contributed by atoms with Crippen LogP contribution in [-0.2, 0) is 4.74 Å². The molecule has 1 saturated heterocycles. The van der Waals surface area contributed by atoms with Gasteiger partial charge >= 0.3 is 5.69 Å². The van der Waals surface area contributed by atoms with Crippen molar-refractivity contribution in [2.24, 2.45) is 0 Å². The molecule has 1 fully saturated rings. The number of rotatable bonds is 5. The molecule has 19 heavy (non-hydrogen) atoms. The minimum atomic E-state index is -0.380. The van der Waals surface area contributed by atoms with E-state index in [1.165, 1.54) is 6.20 Å². The first-order valence-electron chi connectivity index (χ1n) is 6.28. The van der Waals surface area contributed by atoms with Gasteiger partial charge in [-0.15, -0.1) is 0 Å². The Bertz CT molecular complexity index is 441. The molecule has 104 valence electrons. The second-order valence-electron chi connectivity index (χ2n) is 4.50. The lowest BCUT2D eigenvalue weighted by Gasteiger charge is -2.34. The Hall–Kier alpha value is -1.73. The van der Waals surface area contributed by atoms with Crippen LogP contribution in [0.5, 0.6) is 0 Å². The van der Waals surface area contributed by atoms with Gasteiger partial charge in [0, 0.05) is 45.6 Å². The molecule has 1 aromatic heterocycles. The molecule has 0 aliphatic carbocycles. The van der Waals surface area contributed by atoms with Crippen LogP contribution in [0.3, 0.4) is 0 Å². The molecular formula is C12H18N4O3. The summed E-state index contributed by atoms with van der Waals surface area (Å²) in [6.45, 7) is 3.00. The van der Waals surface area contributed by atoms with E-state index < -0.39 is 0 Å². The first kappa shape index (κ1) is 13.7. The number of nitro groups is 1. The highest BCUT2D eigenvalue weighted by Crippen LogP contribution is 2.27. The summed E-state index contributed by atoms with van der Waals surface area (Å²) in [7, 11) is 1.67. The van der Waals surface area contributed by atoms with Crippen LogP contribution in [0.4, 0.5) is 11.4 Å². The summed E-state index contributed by atoms with van der Waals surface area (Å²) in [6.07, 6.45) is 3.79. The van der Waals surface area contributed by atoms with Crippen molar-refractivity contribution in [2.75, 3.05) is 38.3 Å². The standard InChI is InChI=1S/C12H18N4O3/c1-19-7-3-10-9-15(6-5-14-10)11-2-4-13-8-12(11)16(17)18/h2,4,8,10,14H,3,5-7,9H2,1H3. The third-order valence-corrected chi connectivity index (χ3v) is 3.24. The predicted octanol–water partition coefficient (Wildman–Crippen LogP) is 0.804. The summed E-state index contributed by atoms with van der Waals surface area (Å²) in [5.74, 6) is 0. The number of anilines is 1. The molecule has 1 N–H and O–H groups in total. The molecule has 1 aromatic rings. The van der Waals surface area contributed by atoms with Crippen molar-refractivity contribution < 1.29 is 9.66 Å². The lowest BCUT2D eigenvalue weighted by atomic mass is 10.1. The monoisotopic (exact) mass is 266 g/mol. The Morgan fingerprint density at radius 1 is 1.68 bits per heavy atom. The SMILES string of the molecule is COCCC1CN(c2ccncc2[N+](=O)[O-])CCN1. The highest BCUT2D eigenvalue weighted by Gasteiger charge is 2.24. The molecule has 7 heteroatoms. The fourth-order valence-electron chi connectivity index (χ4n) is 2.28. The summed E-state index contributed by atoms with van der Waals surface area (Å²) in [4.78, 5) is 16.5. The van der Waals surface area contributed by atoms with Gasteiger partial charge < -0.3 is 15.0 Å². The number of nitrogens with zero attached hydrogens (tertiary/aromatic N) is 3. The smallest absolute Gasteiger partial charge is 0.310 e. The van der Waals surface area contributed by atoms with Crippen molar-refractivity contribution in [2.45, 2.75) is 12.5 Å². The van der Waals surface area contributed by atoms with Crippen LogP contribution < -0.4 is 10.2 Å². The minimum Gasteiger partial charge on any atom is -0.385 e. The van der Waals surface area contributed by atoms with E-state index in [2.05, 4.69) is 10.3 Å². The summed E-state index contributed by atoms with van der Waals surface area (Å²) < 4.78 is 5.07. The maximum absolute atomic E-state index is 11.0. The van der Waals surface area contributed by atoms with Gasteiger partial charge in [-0.05, 0) is 12.5 Å². The summed E-state index contributed by atoms with van der Waals surface area (Å²) in [5.41, 5.74) is 0.707. The van der Waals surface area contributed by atoms with Crippen LogP contribution in [0.2, 0.25) is 0 Å². The second-order valence-corrected chi connectivity index (χ2v) is 4.50. The number of nitrogens with one attached hydrogen (secondary N) is 1. The lowest BCUT2D eigenvalue weighted by Crippen LogP contribution is -2.51. The molecule has 0 bridgehead atoms. The van der Waals surface area contributed by atoms with Gasteiger partial charge in [0.25, 0.3) is 0 Å². The Morgan fingerprint density at radius 3 is 3.26 bits per heavy atom. The van der Waals surface area contributed by atoms with Crippen LogP contribution in [0, 0.1) is 10.1 Å². The molecule has 1 unspecified atom stereocenters. The van der Waals surface area contributed by atoms with E-state index in [-0.39, 0.29) is 10.6 Å². The van der Waals surface area contributed by atoms with Gasteiger partial charge in [-0.1, -0.05) is 0 Å². The fourth-order valence-corrected chi connectivity index (χ4v) is 2.28. The zero-order valence-electron chi connectivity index (χ0n) is 10.9. The Morgan fingerprint density at radius 2 is 2.53 bits per heavy atom. The first-order valence-corrected chi connectivity index (χ1v) is 6.28. The van der Waals surface area contributed by atoms with E-state index >= 15 is 0 Å². The van der Waals surface area contributed by atoms with Crippen LogP contribution in [0.15, 0.2) is 18.5 Å². The number of pyridine rings is 1. The Balaban J connectivity index is 2.11. The van der Waals surface area contributed by atoms with Crippen molar-refractivity contribution in [3.05, 3.63) is 28.6 Å². The number of methoxy groups -OCH3 is 1. The molecule has 0 radical (unpaired) electrons. The van der Waals surface area contributed by atoms with Crippen molar-refractivity contribution >= 4 is 11.4 Å². The third kappa shape index (κ3) is 3.39. The summed E-state index contributed by atoms with van der Waals surface area (Å²) in [6, 6.07) is 2.00. The molecule has 1 aliphatic heterocycles. The first-order chi connectivity index (χ1) is 9.22. The Labute approximate surface area is 111 Å². The largest absolute Gasteiger partial charge is 0.385 e. The van der Waals surface area contributed by atoms with Crippen LogP contribution in [0.25, 0.3) is 0 Å². The lowest BCUT2D eigenvalue weighted by molar-refractivity contribution is -0.384. The van der Waals surface area contributed by atoms with Gasteiger partial charge in [0.2, 0.25) is 0 Å². The van der Waals surface area contributed by atoms with E-state index in [0.29, 0.717) is 18.3 Å². The normalized spacial score (nSPS) is 19.4. The number of aromatic nitrogens is 1. The van der Waals surface area contributed by atoms with Crippen molar-refractivity contribution in [3.8, 4) is 0 Å². The van der Waals surface area contributed by atoms with Gasteiger partial charge in [-0.25, -0.2) is 0 Å². The van der Waals surface area contributed by atoms with Gasteiger partial charge in [0.1, 0.15) is 11.9 Å². The second kappa shape index (κ2) is 6.44. The molecule has 2 heterocycles. The van der Waals surface area contributed by atoms with E-state index in [9.17, 15) is 10.1 Å². The van der Waals surface area contributed by atoms with E-state index in [4.69, 9.17) is 4.74 Å². The van der Waals surface area contributed by atoms with Gasteiger partial charge in [0.15, 0.2) is 0 Å². The molecule has 2 rings (SSSR count). The van der Waals surface area contributed by atoms with E-state index in [1.54, 1.807) is 19.4 Å². The highest BCUT2D eigenvalue weighted by molar-refractivity contribution is 5.62. The van der Waals surface area contributed by atoms with Gasteiger partial charge in [-0.2, -0.15) is 0 Å². The minimum absolute atomic E-state index is 0.0647. The Kier molecular flexibility index (Phi) is 4.64. The molecule has 0 aromatic carbocycles. The molecule has 1 aliphatic rings. The number of piperazine rings is 1. The average Bonchev–Trinajstić information content (AvgIpc) is 2.45. The number of hydrogen-bond acceptors (Lipinski definition) is 6. The van der Waals surface area contributed by atoms with Gasteiger partial charge in [0.05, 0.1) is 4.92 Å².